The van der Waals surface area contributed by atoms with Crippen molar-refractivity contribution in [1.82, 2.24) is 4.98 Å². The van der Waals surface area contributed by atoms with Crippen molar-refractivity contribution in [3.05, 3.63) is 52.0 Å². The number of aromatic amines is 1. The number of anilines is 1. The highest BCUT2D eigenvalue weighted by Crippen LogP contribution is 2.38. The van der Waals surface area contributed by atoms with Crippen molar-refractivity contribution in [2.24, 2.45) is 5.73 Å². The lowest BCUT2D eigenvalue weighted by molar-refractivity contribution is -0.147. The summed E-state index contributed by atoms with van der Waals surface area (Å²) in [4.78, 5) is 40.2. The summed E-state index contributed by atoms with van der Waals surface area (Å²) < 4.78 is 5.09. The number of ether oxygens (including phenoxy) is 1. The van der Waals surface area contributed by atoms with Crippen molar-refractivity contribution in [1.29, 1.82) is 0 Å². The Morgan fingerprint density at radius 3 is 2.86 bits per heavy atom. The summed E-state index contributed by atoms with van der Waals surface area (Å²) in [5, 5.41) is 4.19. The molecular formula is C21H21N3O4S. The van der Waals surface area contributed by atoms with E-state index in [1.165, 1.54) is 11.3 Å². The summed E-state index contributed by atoms with van der Waals surface area (Å²) in [5.41, 5.74) is 8.86. The molecule has 4 rings (SSSR count). The zero-order chi connectivity index (χ0) is 20.4. The Kier molecular flexibility index (Phi) is 5.35. The van der Waals surface area contributed by atoms with Gasteiger partial charge < -0.3 is 20.8 Å². The number of nitrogens with two attached hydrogens (primary N) is 1. The van der Waals surface area contributed by atoms with Crippen molar-refractivity contribution in [2.75, 3.05) is 11.9 Å². The molecule has 0 bridgehead atoms. The fourth-order valence-electron chi connectivity index (χ4n) is 3.71. The van der Waals surface area contributed by atoms with Gasteiger partial charge in [0.2, 0.25) is 0 Å². The molecule has 0 saturated carbocycles. The molecule has 0 fully saturated rings. The van der Waals surface area contributed by atoms with Gasteiger partial charge in [0, 0.05) is 28.4 Å². The molecule has 2 amide bonds. The smallest absolute Gasteiger partial charge is 0.306 e. The molecule has 29 heavy (non-hydrogen) atoms. The van der Waals surface area contributed by atoms with Gasteiger partial charge in [-0.1, -0.05) is 18.2 Å². The van der Waals surface area contributed by atoms with Crippen LogP contribution in [0.4, 0.5) is 5.00 Å². The predicted octanol–water partition coefficient (Wildman–Crippen LogP) is 2.93. The third kappa shape index (κ3) is 4.02. The van der Waals surface area contributed by atoms with E-state index >= 15 is 0 Å². The van der Waals surface area contributed by atoms with E-state index in [2.05, 4.69) is 10.3 Å². The molecule has 0 unspecified atom stereocenters. The van der Waals surface area contributed by atoms with Crippen LogP contribution < -0.4 is 11.1 Å². The average molecular weight is 411 g/mol. The van der Waals surface area contributed by atoms with E-state index in [4.69, 9.17) is 10.5 Å². The summed E-state index contributed by atoms with van der Waals surface area (Å²) in [6, 6.07) is 7.86. The third-order valence-electron chi connectivity index (χ3n) is 5.06. The molecule has 1 aliphatic carbocycles. The van der Waals surface area contributed by atoms with Crippen LogP contribution in [0.25, 0.3) is 10.9 Å². The van der Waals surface area contributed by atoms with Crippen molar-refractivity contribution in [2.45, 2.75) is 32.1 Å². The van der Waals surface area contributed by atoms with Gasteiger partial charge in [-0.05, 0) is 42.9 Å². The van der Waals surface area contributed by atoms with E-state index in [0.29, 0.717) is 17.0 Å². The van der Waals surface area contributed by atoms with E-state index < -0.39 is 24.4 Å². The fraction of sp³-hybridized carbons (Fsp3) is 0.286. The first kappa shape index (κ1) is 19.2. The Hall–Kier alpha value is -3.13. The maximum atomic E-state index is 12.2. The number of nitrogens with one attached hydrogen (secondary N) is 2. The van der Waals surface area contributed by atoms with E-state index in [0.717, 1.165) is 46.2 Å². The largest absolute Gasteiger partial charge is 0.456 e. The Morgan fingerprint density at radius 2 is 2.03 bits per heavy atom. The van der Waals surface area contributed by atoms with Crippen LogP contribution in [0.3, 0.4) is 0 Å². The number of benzene rings is 1. The third-order valence-corrected chi connectivity index (χ3v) is 6.27. The topological polar surface area (TPSA) is 114 Å². The maximum absolute atomic E-state index is 12.2. The standard InChI is InChI=1S/C21H21N3O4S/c22-20(27)19-14-5-3-7-16(14)29-21(19)24-17(25)11-28-18(26)9-8-12-10-23-15-6-2-1-4-13(12)15/h1-2,4,6,10,23H,3,5,7-9,11H2,(H2,22,27)(H,24,25). The SMILES string of the molecule is NC(=O)c1c(NC(=O)COC(=O)CCc2c[nH]c3ccccc23)sc2c1CCC2. The molecule has 1 aromatic carbocycles. The minimum Gasteiger partial charge on any atom is -0.456 e. The minimum absolute atomic E-state index is 0.176. The van der Waals surface area contributed by atoms with Crippen LogP contribution in [0.15, 0.2) is 30.5 Å². The number of rotatable bonds is 7. The monoisotopic (exact) mass is 411 g/mol. The van der Waals surface area contributed by atoms with Gasteiger partial charge in [0.1, 0.15) is 5.00 Å². The van der Waals surface area contributed by atoms with Gasteiger partial charge in [0.15, 0.2) is 6.61 Å². The minimum atomic E-state index is -0.546. The van der Waals surface area contributed by atoms with Crippen LogP contribution in [-0.2, 0) is 33.6 Å². The number of primary amides is 1. The number of para-hydroxylation sites is 1. The number of aromatic nitrogens is 1. The number of fused-ring (bicyclic) bond motifs is 2. The van der Waals surface area contributed by atoms with Gasteiger partial charge in [-0.2, -0.15) is 0 Å². The summed E-state index contributed by atoms with van der Waals surface area (Å²) in [6.07, 6.45) is 5.25. The van der Waals surface area contributed by atoms with Crippen molar-refractivity contribution >= 4 is 45.0 Å². The molecule has 7 nitrogen and oxygen atoms in total. The molecule has 0 saturated heterocycles. The zero-order valence-electron chi connectivity index (χ0n) is 15.7. The van der Waals surface area contributed by atoms with E-state index in [1.54, 1.807) is 0 Å². The average Bonchev–Trinajstić information content (AvgIpc) is 3.38. The van der Waals surface area contributed by atoms with Gasteiger partial charge in [-0.15, -0.1) is 11.3 Å². The highest BCUT2D eigenvalue weighted by molar-refractivity contribution is 7.17. The number of hydrogen-bond acceptors (Lipinski definition) is 5. The molecular weight excluding hydrogens is 390 g/mol. The summed E-state index contributed by atoms with van der Waals surface area (Å²) in [7, 11) is 0. The quantitative estimate of drug-likeness (QED) is 0.519. The van der Waals surface area contributed by atoms with Crippen LogP contribution in [-0.4, -0.2) is 29.4 Å². The second-order valence-corrected chi connectivity index (χ2v) is 8.10. The number of hydrogen-bond donors (Lipinski definition) is 3. The van der Waals surface area contributed by atoms with Gasteiger partial charge in [0.05, 0.1) is 5.56 Å². The van der Waals surface area contributed by atoms with Gasteiger partial charge >= 0.3 is 5.97 Å². The lowest BCUT2D eigenvalue weighted by atomic mass is 10.1. The Morgan fingerprint density at radius 1 is 1.21 bits per heavy atom. The van der Waals surface area contributed by atoms with Crippen LogP contribution in [0.1, 0.15) is 39.2 Å². The van der Waals surface area contributed by atoms with Crippen molar-refractivity contribution in [3.63, 3.8) is 0 Å². The first-order chi connectivity index (χ1) is 14.0. The first-order valence-electron chi connectivity index (χ1n) is 9.47. The fourth-order valence-corrected chi connectivity index (χ4v) is 5.02. The van der Waals surface area contributed by atoms with E-state index in [9.17, 15) is 14.4 Å². The Labute approximate surface area is 171 Å². The zero-order valence-corrected chi connectivity index (χ0v) is 16.6. The number of esters is 1. The maximum Gasteiger partial charge on any atom is 0.306 e. The second kappa shape index (κ2) is 8.08. The second-order valence-electron chi connectivity index (χ2n) is 6.99. The van der Waals surface area contributed by atoms with Gasteiger partial charge in [-0.25, -0.2) is 0 Å². The molecule has 0 aliphatic heterocycles. The van der Waals surface area contributed by atoms with Gasteiger partial charge in [-0.3, -0.25) is 14.4 Å². The number of aryl methyl sites for hydroxylation is 2. The van der Waals surface area contributed by atoms with Crippen molar-refractivity contribution < 1.29 is 19.1 Å². The molecule has 3 aromatic rings. The number of amides is 2. The lowest BCUT2D eigenvalue weighted by Crippen LogP contribution is -2.22. The summed E-state index contributed by atoms with van der Waals surface area (Å²) >= 11 is 1.37. The molecule has 2 heterocycles. The molecule has 8 heteroatoms. The molecule has 4 N–H and O–H groups in total. The van der Waals surface area contributed by atoms with Gasteiger partial charge in [0.25, 0.3) is 11.8 Å². The van der Waals surface area contributed by atoms with Crippen LogP contribution >= 0.6 is 11.3 Å². The highest BCUT2D eigenvalue weighted by atomic mass is 32.1. The lowest BCUT2D eigenvalue weighted by Gasteiger charge is -2.07. The molecule has 0 spiro atoms. The van der Waals surface area contributed by atoms with Crippen LogP contribution in [0.5, 0.6) is 0 Å². The number of H-pyrrole nitrogens is 1. The Bertz CT molecular complexity index is 1100. The molecule has 0 atom stereocenters. The summed E-state index contributed by atoms with van der Waals surface area (Å²) in [6.45, 7) is -0.395. The first-order valence-corrected chi connectivity index (χ1v) is 10.3. The molecule has 0 radical (unpaired) electrons. The van der Waals surface area contributed by atoms with Crippen LogP contribution in [0, 0.1) is 0 Å². The molecule has 1 aliphatic rings. The molecule has 150 valence electrons. The predicted molar refractivity (Wildman–Crippen MR) is 111 cm³/mol. The normalized spacial score (nSPS) is 12.7. The molecule has 2 aromatic heterocycles. The number of carbonyl (C=O) groups excluding carboxylic acids is 3. The van der Waals surface area contributed by atoms with Crippen molar-refractivity contribution in [3.8, 4) is 0 Å². The number of carbonyl (C=O) groups is 3. The number of thiophene rings is 1. The Balaban J connectivity index is 1.30. The highest BCUT2D eigenvalue weighted by Gasteiger charge is 2.26. The van der Waals surface area contributed by atoms with E-state index in [-0.39, 0.29) is 6.42 Å². The van der Waals surface area contributed by atoms with E-state index in [1.807, 2.05) is 30.5 Å². The summed E-state index contributed by atoms with van der Waals surface area (Å²) in [5.74, 6) is -1.47. The van der Waals surface area contributed by atoms with Crippen LogP contribution in [0.2, 0.25) is 0 Å².